The molecule has 4 heteroatoms. The lowest BCUT2D eigenvalue weighted by Crippen LogP contribution is -2.55. The monoisotopic (exact) mass is 230 g/mol. The van der Waals surface area contributed by atoms with Crippen LogP contribution in [0.2, 0.25) is 0 Å². The van der Waals surface area contributed by atoms with Crippen molar-refractivity contribution in [2.24, 2.45) is 4.99 Å². The summed E-state index contributed by atoms with van der Waals surface area (Å²) >= 11 is 3.95. The van der Waals surface area contributed by atoms with Gasteiger partial charge in [-0.15, -0.1) is 0 Å². The molecular weight excluding hydrogens is 212 g/mol. The summed E-state index contributed by atoms with van der Waals surface area (Å²) in [5.41, 5.74) is 0. The number of hydrogen-bond acceptors (Lipinski definition) is 4. The summed E-state index contributed by atoms with van der Waals surface area (Å²) in [6.07, 6.45) is 1.22. The minimum Gasteiger partial charge on any atom is -0.360 e. The zero-order valence-corrected chi connectivity index (χ0v) is 10.7. The van der Waals surface area contributed by atoms with E-state index in [2.05, 4.69) is 31.1 Å². The SMILES string of the molecule is CCC1CN=C(NC2CSC2(C)C)S1. The van der Waals surface area contributed by atoms with Crippen LogP contribution in [0.15, 0.2) is 4.99 Å². The van der Waals surface area contributed by atoms with E-state index in [0.29, 0.717) is 16.0 Å². The summed E-state index contributed by atoms with van der Waals surface area (Å²) in [5, 5.41) is 5.45. The molecule has 2 nitrogen and oxygen atoms in total. The van der Waals surface area contributed by atoms with Gasteiger partial charge < -0.3 is 5.32 Å². The minimum atomic E-state index is 0.396. The smallest absolute Gasteiger partial charge is 0.157 e. The summed E-state index contributed by atoms with van der Waals surface area (Å²) < 4.78 is 0.396. The van der Waals surface area contributed by atoms with Crippen LogP contribution in [0, 0.1) is 0 Å². The van der Waals surface area contributed by atoms with E-state index in [1.807, 2.05) is 23.5 Å². The van der Waals surface area contributed by atoms with Gasteiger partial charge in [0.2, 0.25) is 0 Å². The average Bonchev–Trinajstić information content (AvgIpc) is 2.60. The molecule has 2 aliphatic heterocycles. The Balaban J connectivity index is 1.82. The van der Waals surface area contributed by atoms with E-state index in [4.69, 9.17) is 0 Å². The van der Waals surface area contributed by atoms with Gasteiger partial charge in [-0.1, -0.05) is 18.7 Å². The molecule has 0 spiro atoms. The number of aliphatic imine (C=N–C) groups is 1. The molecule has 2 atom stereocenters. The first-order valence-electron chi connectivity index (χ1n) is 5.23. The molecule has 0 radical (unpaired) electrons. The second-order valence-corrected chi connectivity index (χ2v) is 7.37. The maximum Gasteiger partial charge on any atom is 0.157 e. The van der Waals surface area contributed by atoms with Crippen molar-refractivity contribution in [3.8, 4) is 0 Å². The molecule has 2 aliphatic rings. The highest BCUT2D eigenvalue weighted by atomic mass is 32.2. The lowest BCUT2D eigenvalue weighted by molar-refractivity contribution is 0.502. The number of rotatable bonds is 2. The van der Waals surface area contributed by atoms with Crippen molar-refractivity contribution in [1.82, 2.24) is 5.32 Å². The van der Waals surface area contributed by atoms with Gasteiger partial charge in [-0.05, 0) is 20.3 Å². The van der Waals surface area contributed by atoms with Crippen LogP contribution < -0.4 is 5.32 Å². The van der Waals surface area contributed by atoms with E-state index >= 15 is 0 Å². The van der Waals surface area contributed by atoms with Gasteiger partial charge >= 0.3 is 0 Å². The first kappa shape index (κ1) is 10.7. The Labute approximate surface area is 94.7 Å². The fourth-order valence-electron chi connectivity index (χ4n) is 1.57. The standard InChI is InChI=1S/C10H18N2S2/c1-4-7-5-11-9(14-7)12-8-6-13-10(8,2)3/h7-8H,4-6H2,1-3H3,(H,11,12). The van der Waals surface area contributed by atoms with E-state index < -0.39 is 0 Å². The van der Waals surface area contributed by atoms with Gasteiger partial charge in [0.05, 0.1) is 12.6 Å². The van der Waals surface area contributed by atoms with Crippen LogP contribution >= 0.6 is 23.5 Å². The molecule has 1 saturated heterocycles. The summed E-state index contributed by atoms with van der Waals surface area (Å²) in [7, 11) is 0. The molecule has 2 heterocycles. The molecule has 2 rings (SSSR count). The summed E-state index contributed by atoms with van der Waals surface area (Å²) in [4.78, 5) is 4.53. The van der Waals surface area contributed by atoms with E-state index in [0.717, 1.165) is 6.54 Å². The minimum absolute atomic E-state index is 0.396. The molecule has 0 aromatic heterocycles. The molecule has 0 aromatic carbocycles. The van der Waals surface area contributed by atoms with E-state index in [-0.39, 0.29) is 0 Å². The topological polar surface area (TPSA) is 24.4 Å². The van der Waals surface area contributed by atoms with Gasteiger partial charge in [-0.3, -0.25) is 4.99 Å². The van der Waals surface area contributed by atoms with Crippen molar-refractivity contribution < 1.29 is 0 Å². The first-order chi connectivity index (χ1) is 6.62. The Kier molecular flexibility index (Phi) is 3.03. The quantitative estimate of drug-likeness (QED) is 0.788. The maximum absolute atomic E-state index is 4.53. The molecule has 0 bridgehead atoms. The van der Waals surface area contributed by atoms with E-state index in [9.17, 15) is 0 Å². The lowest BCUT2D eigenvalue weighted by atomic mass is 10.0. The number of hydrogen-bond donors (Lipinski definition) is 1. The molecule has 0 aromatic rings. The molecular formula is C10H18N2S2. The van der Waals surface area contributed by atoms with Crippen LogP contribution in [0.4, 0.5) is 0 Å². The van der Waals surface area contributed by atoms with Gasteiger partial charge in [0.1, 0.15) is 0 Å². The second kappa shape index (κ2) is 3.97. The van der Waals surface area contributed by atoms with Gasteiger partial charge in [-0.25, -0.2) is 0 Å². The zero-order chi connectivity index (χ0) is 10.2. The van der Waals surface area contributed by atoms with Crippen molar-refractivity contribution in [3.63, 3.8) is 0 Å². The predicted octanol–water partition coefficient (Wildman–Crippen LogP) is 2.35. The second-order valence-electron chi connectivity index (χ2n) is 4.41. The highest BCUT2D eigenvalue weighted by Gasteiger charge is 2.40. The fraction of sp³-hybridized carbons (Fsp3) is 0.900. The summed E-state index contributed by atoms with van der Waals surface area (Å²) in [6, 6.07) is 0.620. The van der Waals surface area contributed by atoms with Crippen molar-refractivity contribution >= 4 is 28.7 Å². The van der Waals surface area contributed by atoms with Crippen LogP contribution in [-0.4, -0.2) is 33.5 Å². The summed E-state index contributed by atoms with van der Waals surface area (Å²) in [6.45, 7) is 7.84. The van der Waals surface area contributed by atoms with Gasteiger partial charge in [-0.2, -0.15) is 11.8 Å². The third-order valence-corrected chi connectivity index (χ3v) is 5.75. The predicted molar refractivity (Wildman–Crippen MR) is 67.4 cm³/mol. The van der Waals surface area contributed by atoms with Gasteiger partial charge in [0.25, 0.3) is 0 Å². The molecule has 2 unspecified atom stereocenters. The van der Waals surface area contributed by atoms with E-state index in [1.165, 1.54) is 17.3 Å². The Hall–Kier alpha value is 0.170. The van der Waals surface area contributed by atoms with Crippen LogP contribution in [0.1, 0.15) is 27.2 Å². The highest BCUT2D eigenvalue weighted by molar-refractivity contribution is 8.14. The maximum atomic E-state index is 4.53. The summed E-state index contributed by atoms with van der Waals surface area (Å²) in [5.74, 6) is 1.23. The normalized spacial score (nSPS) is 34.9. The number of nitrogens with zero attached hydrogens (tertiary/aromatic N) is 1. The lowest BCUT2D eigenvalue weighted by Gasteiger charge is -2.44. The van der Waals surface area contributed by atoms with Crippen molar-refractivity contribution in [2.75, 3.05) is 12.3 Å². The van der Waals surface area contributed by atoms with Crippen LogP contribution in [0.25, 0.3) is 0 Å². The number of thioether (sulfide) groups is 2. The Bertz CT molecular complexity index is 251. The third kappa shape index (κ3) is 2.06. The highest BCUT2D eigenvalue weighted by Crippen LogP contribution is 2.40. The van der Waals surface area contributed by atoms with Crippen molar-refractivity contribution in [3.05, 3.63) is 0 Å². The molecule has 80 valence electrons. The molecule has 0 aliphatic carbocycles. The Morgan fingerprint density at radius 2 is 2.36 bits per heavy atom. The fourth-order valence-corrected chi connectivity index (χ4v) is 3.71. The van der Waals surface area contributed by atoms with Crippen LogP contribution in [0.3, 0.4) is 0 Å². The number of amidine groups is 1. The Morgan fingerprint density at radius 3 is 2.79 bits per heavy atom. The Morgan fingerprint density at radius 1 is 1.57 bits per heavy atom. The van der Waals surface area contributed by atoms with Crippen molar-refractivity contribution in [1.29, 1.82) is 0 Å². The molecule has 1 N–H and O–H groups in total. The molecule has 0 amide bonds. The third-order valence-electron chi connectivity index (χ3n) is 2.93. The largest absolute Gasteiger partial charge is 0.360 e. The average molecular weight is 230 g/mol. The van der Waals surface area contributed by atoms with Gasteiger partial charge in [0.15, 0.2) is 5.17 Å². The molecule has 14 heavy (non-hydrogen) atoms. The van der Waals surface area contributed by atoms with Crippen LogP contribution in [0.5, 0.6) is 0 Å². The van der Waals surface area contributed by atoms with Crippen LogP contribution in [-0.2, 0) is 0 Å². The number of nitrogens with one attached hydrogen (secondary N) is 1. The van der Waals surface area contributed by atoms with Gasteiger partial charge in [0, 0.05) is 15.7 Å². The van der Waals surface area contributed by atoms with Crippen molar-refractivity contribution in [2.45, 2.75) is 43.2 Å². The zero-order valence-electron chi connectivity index (χ0n) is 9.04. The van der Waals surface area contributed by atoms with E-state index in [1.54, 1.807) is 0 Å². The molecule has 1 fully saturated rings. The molecule has 0 saturated carbocycles. The first-order valence-corrected chi connectivity index (χ1v) is 7.10.